The average Bonchev–Trinajstić information content (AvgIpc) is 2.24. The molecule has 1 aliphatic heterocycles. The normalized spacial score (nSPS) is 23.9. The van der Waals surface area contributed by atoms with Crippen LogP contribution in [0, 0.1) is 0 Å². The molecule has 0 atom stereocenters. The summed E-state index contributed by atoms with van der Waals surface area (Å²) in [5, 5.41) is 2.91. The highest BCUT2D eigenvalue weighted by atomic mass is 16.1. The second-order valence-electron chi connectivity index (χ2n) is 4.29. The highest BCUT2D eigenvalue weighted by molar-refractivity contribution is 5.75. The SMILES string of the molecule is O=C1CCCCCCCCC/C=C/CN1. The summed E-state index contributed by atoms with van der Waals surface area (Å²) in [5.74, 6) is 0.205. The zero-order chi connectivity index (χ0) is 10.8. The van der Waals surface area contributed by atoms with E-state index in [1.807, 2.05) is 0 Å². The number of hydrogen-bond donors (Lipinski definition) is 1. The molecular formula is C13H23NO. The first-order valence-corrected chi connectivity index (χ1v) is 6.31. The van der Waals surface area contributed by atoms with Crippen molar-refractivity contribution in [2.45, 2.75) is 57.8 Å². The molecule has 86 valence electrons. The molecule has 0 unspecified atom stereocenters. The molecule has 1 aliphatic rings. The highest BCUT2D eigenvalue weighted by Crippen LogP contribution is 2.10. The lowest BCUT2D eigenvalue weighted by Gasteiger charge is -2.04. The van der Waals surface area contributed by atoms with Crippen LogP contribution in [0.15, 0.2) is 12.2 Å². The Morgan fingerprint density at radius 1 is 0.867 bits per heavy atom. The van der Waals surface area contributed by atoms with E-state index in [2.05, 4.69) is 17.5 Å². The number of rotatable bonds is 0. The lowest BCUT2D eigenvalue weighted by molar-refractivity contribution is -0.121. The lowest BCUT2D eigenvalue weighted by Crippen LogP contribution is -2.22. The maximum Gasteiger partial charge on any atom is 0.220 e. The van der Waals surface area contributed by atoms with Gasteiger partial charge in [-0.3, -0.25) is 4.79 Å². The molecule has 15 heavy (non-hydrogen) atoms. The molecule has 1 amide bonds. The minimum Gasteiger partial charge on any atom is -0.353 e. The van der Waals surface area contributed by atoms with Gasteiger partial charge in [-0.2, -0.15) is 0 Å². The molecule has 1 rings (SSSR count). The molecule has 1 heterocycles. The number of amides is 1. The Hall–Kier alpha value is -0.790. The summed E-state index contributed by atoms with van der Waals surface area (Å²) in [5.41, 5.74) is 0. The Bertz CT molecular complexity index is 199. The molecule has 0 spiro atoms. The summed E-state index contributed by atoms with van der Waals surface area (Å²) in [6.07, 6.45) is 15.0. The molecule has 0 aromatic carbocycles. The second-order valence-corrected chi connectivity index (χ2v) is 4.29. The average molecular weight is 209 g/mol. The molecule has 1 N–H and O–H groups in total. The van der Waals surface area contributed by atoms with Crippen molar-refractivity contribution < 1.29 is 4.79 Å². The minimum absolute atomic E-state index is 0.205. The van der Waals surface area contributed by atoms with E-state index in [4.69, 9.17) is 0 Å². The third kappa shape index (κ3) is 7.18. The molecule has 0 aliphatic carbocycles. The van der Waals surface area contributed by atoms with Gasteiger partial charge in [-0.1, -0.05) is 44.3 Å². The van der Waals surface area contributed by atoms with Crippen molar-refractivity contribution in [3.63, 3.8) is 0 Å². The third-order valence-corrected chi connectivity index (χ3v) is 2.86. The highest BCUT2D eigenvalue weighted by Gasteiger charge is 1.99. The number of allylic oxidation sites excluding steroid dienone is 1. The van der Waals surface area contributed by atoms with E-state index < -0.39 is 0 Å². The summed E-state index contributed by atoms with van der Waals surface area (Å²) in [4.78, 5) is 11.3. The largest absolute Gasteiger partial charge is 0.353 e. The summed E-state index contributed by atoms with van der Waals surface area (Å²) in [6.45, 7) is 0.707. The van der Waals surface area contributed by atoms with Crippen LogP contribution in [0.4, 0.5) is 0 Å². The topological polar surface area (TPSA) is 29.1 Å². The van der Waals surface area contributed by atoms with Crippen LogP contribution < -0.4 is 5.32 Å². The van der Waals surface area contributed by atoms with E-state index in [9.17, 15) is 4.79 Å². The minimum atomic E-state index is 0.205. The van der Waals surface area contributed by atoms with Crippen molar-refractivity contribution in [2.24, 2.45) is 0 Å². The van der Waals surface area contributed by atoms with E-state index in [1.54, 1.807) is 0 Å². The first-order chi connectivity index (χ1) is 7.39. The van der Waals surface area contributed by atoms with Gasteiger partial charge in [0.25, 0.3) is 0 Å². The van der Waals surface area contributed by atoms with Gasteiger partial charge in [0.2, 0.25) is 5.91 Å². The third-order valence-electron chi connectivity index (χ3n) is 2.86. The summed E-state index contributed by atoms with van der Waals surface area (Å²) < 4.78 is 0. The second kappa shape index (κ2) is 8.51. The fourth-order valence-electron chi connectivity index (χ4n) is 1.89. The molecule has 0 fully saturated rings. The summed E-state index contributed by atoms with van der Waals surface area (Å²) >= 11 is 0. The van der Waals surface area contributed by atoms with E-state index >= 15 is 0 Å². The molecule has 0 aromatic heterocycles. The van der Waals surface area contributed by atoms with Gasteiger partial charge in [0.15, 0.2) is 0 Å². The van der Waals surface area contributed by atoms with Gasteiger partial charge in [0, 0.05) is 13.0 Å². The van der Waals surface area contributed by atoms with Crippen LogP contribution in [0.3, 0.4) is 0 Å². The Morgan fingerprint density at radius 2 is 1.53 bits per heavy atom. The monoisotopic (exact) mass is 209 g/mol. The van der Waals surface area contributed by atoms with Gasteiger partial charge >= 0.3 is 0 Å². The predicted octanol–water partition coefficient (Wildman–Crippen LogP) is 3.18. The van der Waals surface area contributed by atoms with E-state index in [0.717, 1.165) is 12.8 Å². The number of nitrogens with one attached hydrogen (secondary N) is 1. The first-order valence-electron chi connectivity index (χ1n) is 6.31. The molecule has 0 aromatic rings. The fraction of sp³-hybridized carbons (Fsp3) is 0.769. The van der Waals surface area contributed by atoms with Gasteiger partial charge in [-0.05, 0) is 19.3 Å². The van der Waals surface area contributed by atoms with E-state index in [-0.39, 0.29) is 5.91 Å². The summed E-state index contributed by atoms with van der Waals surface area (Å²) in [6, 6.07) is 0. The quantitative estimate of drug-likeness (QED) is 0.610. The molecule has 0 saturated carbocycles. The number of carbonyl (C=O) groups is 1. The number of carbonyl (C=O) groups excluding carboxylic acids is 1. The number of hydrogen-bond acceptors (Lipinski definition) is 1. The van der Waals surface area contributed by atoms with Gasteiger partial charge in [0.05, 0.1) is 0 Å². The zero-order valence-corrected chi connectivity index (χ0v) is 9.63. The van der Waals surface area contributed by atoms with Crippen LogP contribution in [0.2, 0.25) is 0 Å². The van der Waals surface area contributed by atoms with Crippen LogP contribution in [0.5, 0.6) is 0 Å². The Labute approximate surface area is 93.1 Å². The molecule has 2 nitrogen and oxygen atoms in total. The maximum absolute atomic E-state index is 11.3. The van der Waals surface area contributed by atoms with Gasteiger partial charge in [-0.15, -0.1) is 0 Å². The Balaban J connectivity index is 2.22. The zero-order valence-electron chi connectivity index (χ0n) is 9.63. The maximum atomic E-state index is 11.3. The van der Waals surface area contributed by atoms with Crippen molar-refractivity contribution in [2.75, 3.05) is 6.54 Å². The van der Waals surface area contributed by atoms with Crippen LogP contribution >= 0.6 is 0 Å². The van der Waals surface area contributed by atoms with Gasteiger partial charge in [0.1, 0.15) is 0 Å². The van der Waals surface area contributed by atoms with Gasteiger partial charge in [-0.25, -0.2) is 0 Å². The Kier molecular flexibility index (Phi) is 6.97. The van der Waals surface area contributed by atoms with Crippen LogP contribution in [-0.4, -0.2) is 12.5 Å². The van der Waals surface area contributed by atoms with Crippen molar-refractivity contribution in [1.29, 1.82) is 0 Å². The molecular weight excluding hydrogens is 186 g/mol. The van der Waals surface area contributed by atoms with Crippen LogP contribution in [0.25, 0.3) is 0 Å². The molecule has 0 bridgehead atoms. The van der Waals surface area contributed by atoms with Crippen LogP contribution in [0.1, 0.15) is 57.8 Å². The van der Waals surface area contributed by atoms with Crippen molar-refractivity contribution in [1.82, 2.24) is 5.32 Å². The summed E-state index contributed by atoms with van der Waals surface area (Å²) in [7, 11) is 0. The molecule has 0 radical (unpaired) electrons. The first kappa shape index (κ1) is 12.3. The van der Waals surface area contributed by atoms with Gasteiger partial charge < -0.3 is 5.32 Å². The Morgan fingerprint density at radius 3 is 2.33 bits per heavy atom. The molecule has 2 heteroatoms. The fourth-order valence-corrected chi connectivity index (χ4v) is 1.89. The predicted molar refractivity (Wildman–Crippen MR) is 63.7 cm³/mol. The standard InChI is InChI=1S/C13H23NO/c15-13-11-9-7-5-3-1-2-4-6-8-10-12-14-13/h8,10H,1-7,9,11-12H2,(H,14,15)/b10-8+. The molecule has 0 saturated heterocycles. The smallest absolute Gasteiger partial charge is 0.220 e. The van der Waals surface area contributed by atoms with Crippen LogP contribution in [-0.2, 0) is 4.79 Å². The van der Waals surface area contributed by atoms with E-state index in [1.165, 1.54) is 38.5 Å². The van der Waals surface area contributed by atoms with Crippen molar-refractivity contribution in [3.8, 4) is 0 Å². The lowest BCUT2D eigenvalue weighted by atomic mass is 10.1. The van der Waals surface area contributed by atoms with Crippen molar-refractivity contribution in [3.05, 3.63) is 12.2 Å². The van der Waals surface area contributed by atoms with Crippen molar-refractivity contribution >= 4 is 5.91 Å². The van der Waals surface area contributed by atoms with E-state index in [0.29, 0.717) is 13.0 Å².